The molecule has 1 aromatic carbocycles. The van der Waals surface area contributed by atoms with Gasteiger partial charge in [0.1, 0.15) is 48.6 Å². The third-order valence-corrected chi connectivity index (χ3v) is 7.32. The number of nitrogens with zero attached hydrogens (tertiary/aromatic N) is 7. The van der Waals surface area contributed by atoms with Gasteiger partial charge in [-0.05, 0) is 36.8 Å². The smallest absolute Gasteiger partial charge is 0.152 e. The first-order valence-electron chi connectivity index (χ1n) is 13.1. The lowest BCUT2D eigenvalue weighted by atomic mass is 10.1. The van der Waals surface area contributed by atoms with Crippen molar-refractivity contribution in [2.75, 3.05) is 31.3 Å². The summed E-state index contributed by atoms with van der Waals surface area (Å²) in [5.74, 6) is 0.862. The molecular weight excluding hydrogens is 512 g/mol. The molecule has 1 aliphatic rings. The highest BCUT2D eigenvalue weighted by Gasteiger charge is 2.45. The van der Waals surface area contributed by atoms with Crippen LogP contribution in [0.25, 0.3) is 27.7 Å². The van der Waals surface area contributed by atoms with Crippen LogP contribution in [0.2, 0.25) is 0 Å². The number of aliphatic hydroxyl groups excluding tert-OH is 2. The maximum Gasteiger partial charge on any atom is 0.152 e. The van der Waals surface area contributed by atoms with E-state index in [1.807, 2.05) is 57.7 Å². The number of pyridine rings is 1. The van der Waals surface area contributed by atoms with Gasteiger partial charge in [-0.25, -0.2) is 9.50 Å². The van der Waals surface area contributed by atoms with Crippen molar-refractivity contribution in [2.24, 2.45) is 7.05 Å². The third-order valence-electron chi connectivity index (χ3n) is 7.32. The van der Waals surface area contributed by atoms with Crippen LogP contribution in [0, 0.1) is 0 Å². The largest absolute Gasteiger partial charge is 0.491 e. The first kappa shape index (κ1) is 26.0. The third kappa shape index (κ3) is 4.39. The summed E-state index contributed by atoms with van der Waals surface area (Å²) in [4.78, 5) is 11.0. The molecule has 12 nitrogen and oxygen atoms in total. The quantitative estimate of drug-likeness (QED) is 0.278. The van der Waals surface area contributed by atoms with Crippen LogP contribution in [0.5, 0.6) is 5.75 Å². The number of rotatable bonds is 7. The van der Waals surface area contributed by atoms with Gasteiger partial charge >= 0.3 is 0 Å². The second-order valence-electron chi connectivity index (χ2n) is 10.2. The zero-order valence-electron chi connectivity index (χ0n) is 22.8. The van der Waals surface area contributed by atoms with Gasteiger partial charge in [-0.1, -0.05) is 6.92 Å². The summed E-state index contributed by atoms with van der Waals surface area (Å²) >= 11 is 0. The zero-order chi connectivity index (χ0) is 28.1. The molecular formula is C28H32N8O4. The zero-order valence-corrected chi connectivity index (χ0v) is 22.8. The average molecular weight is 545 g/mol. The van der Waals surface area contributed by atoms with Gasteiger partial charge in [0.2, 0.25) is 0 Å². The van der Waals surface area contributed by atoms with E-state index in [1.165, 1.54) is 6.33 Å². The summed E-state index contributed by atoms with van der Waals surface area (Å²) < 4.78 is 15.5. The highest BCUT2D eigenvalue weighted by atomic mass is 16.6. The summed E-state index contributed by atoms with van der Waals surface area (Å²) in [6, 6.07) is 11.5. The molecule has 4 aromatic heterocycles. The second-order valence-corrected chi connectivity index (χ2v) is 10.2. The monoisotopic (exact) mass is 544 g/mol. The lowest BCUT2D eigenvalue weighted by Crippen LogP contribution is -2.34. The Morgan fingerprint density at radius 2 is 1.95 bits per heavy atom. The van der Waals surface area contributed by atoms with Crippen LogP contribution in [-0.4, -0.2) is 78.6 Å². The Morgan fingerprint density at radius 1 is 1.12 bits per heavy atom. The molecule has 0 unspecified atom stereocenters. The first-order chi connectivity index (χ1) is 19.2. The number of aromatic nitrogens is 6. The van der Waals surface area contributed by atoms with Crippen molar-refractivity contribution in [3.05, 3.63) is 60.3 Å². The van der Waals surface area contributed by atoms with Crippen LogP contribution in [-0.2, 0) is 18.2 Å². The molecule has 0 amide bonds. The number of fused-ring (bicyclic) bond motifs is 2. The van der Waals surface area contributed by atoms with E-state index in [4.69, 9.17) is 20.2 Å². The molecule has 0 aliphatic carbocycles. The van der Waals surface area contributed by atoms with E-state index in [0.717, 1.165) is 28.7 Å². The maximum atomic E-state index is 11.0. The Kier molecular flexibility index (Phi) is 6.53. The Balaban J connectivity index is 1.26. The van der Waals surface area contributed by atoms with Crippen molar-refractivity contribution < 1.29 is 19.7 Å². The molecule has 0 spiro atoms. The number of nitrogens with two attached hydrogens (primary N) is 1. The van der Waals surface area contributed by atoms with Gasteiger partial charge in [0.15, 0.2) is 5.82 Å². The van der Waals surface area contributed by atoms with Crippen molar-refractivity contribution in [3.63, 3.8) is 0 Å². The van der Waals surface area contributed by atoms with Crippen LogP contribution in [0.15, 0.2) is 48.9 Å². The van der Waals surface area contributed by atoms with Crippen LogP contribution < -0.4 is 15.4 Å². The van der Waals surface area contributed by atoms with Crippen LogP contribution in [0.3, 0.4) is 0 Å². The molecule has 12 heteroatoms. The molecule has 0 radical (unpaired) electrons. The van der Waals surface area contributed by atoms with E-state index in [-0.39, 0.29) is 12.4 Å². The number of hydrogen-bond donors (Lipinski definition) is 3. The fraction of sp³-hybridized carbons (Fsp3) is 0.357. The predicted molar refractivity (Wildman–Crippen MR) is 150 cm³/mol. The maximum absolute atomic E-state index is 11.0. The van der Waals surface area contributed by atoms with Crippen LogP contribution in [0.1, 0.15) is 24.4 Å². The minimum absolute atomic E-state index is 0.0295. The highest BCUT2D eigenvalue weighted by Crippen LogP contribution is 2.39. The molecule has 6 rings (SSSR count). The van der Waals surface area contributed by atoms with Gasteiger partial charge in [0.05, 0.1) is 16.9 Å². The molecule has 5 heterocycles. The van der Waals surface area contributed by atoms with E-state index in [0.29, 0.717) is 28.2 Å². The summed E-state index contributed by atoms with van der Waals surface area (Å²) in [6.07, 6.45) is -0.0845. The number of aliphatic hydroxyl groups is 2. The van der Waals surface area contributed by atoms with Crippen molar-refractivity contribution >= 4 is 27.9 Å². The summed E-state index contributed by atoms with van der Waals surface area (Å²) in [7, 11) is 5.84. The molecule has 4 N–H and O–H groups in total. The Labute approximate surface area is 230 Å². The predicted octanol–water partition coefficient (Wildman–Crippen LogP) is 2.13. The number of anilines is 2. The summed E-state index contributed by atoms with van der Waals surface area (Å²) in [5, 5.41) is 31.8. The minimum atomic E-state index is -1.22. The number of aryl methyl sites for hydroxylation is 2. The molecule has 1 aliphatic heterocycles. The molecule has 1 fully saturated rings. The van der Waals surface area contributed by atoms with E-state index >= 15 is 0 Å². The Bertz CT molecular complexity index is 1700. The lowest BCUT2D eigenvalue weighted by molar-refractivity contribution is -0.0187. The molecule has 0 bridgehead atoms. The average Bonchev–Trinajstić information content (AvgIpc) is 3.63. The normalized spacial score (nSPS) is 20.9. The fourth-order valence-corrected chi connectivity index (χ4v) is 5.24. The van der Waals surface area contributed by atoms with Gasteiger partial charge in [0, 0.05) is 55.7 Å². The molecule has 40 heavy (non-hydrogen) atoms. The Hall–Kier alpha value is -4.26. The van der Waals surface area contributed by atoms with Crippen LogP contribution >= 0.6 is 0 Å². The van der Waals surface area contributed by atoms with Crippen molar-refractivity contribution in [1.82, 2.24) is 29.4 Å². The lowest BCUT2D eigenvalue weighted by Gasteiger charge is -2.18. The number of benzene rings is 1. The highest BCUT2D eigenvalue weighted by molar-refractivity contribution is 5.92. The van der Waals surface area contributed by atoms with E-state index < -0.39 is 24.4 Å². The van der Waals surface area contributed by atoms with Gasteiger partial charge in [0.25, 0.3) is 0 Å². The van der Waals surface area contributed by atoms with Crippen molar-refractivity contribution in [3.8, 4) is 17.0 Å². The van der Waals surface area contributed by atoms with Crippen LogP contribution in [0.4, 0.5) is 11.5 Å². The number of hydrogen-bond acceptors (Lipinski definition) is 10. The van der Waals surface area contributed by atoms with Crippen molar-refractivity contribution in [1.29, 1.82) is 0 Å². The fourth-order valence-electron chi connectivity index (χ4n) is 5.24. The van der Waals surface area contributed by atoms with E-state index in [9.17, 15) is 10.2 Å². The Morgan fingerprint density at radius 3 is 2.67 bits per heavy atom. The first-order valence-corrected chi connectivity index (χ1v) is 13.1. The van der Waals surface area contributed by atoms with Gasteiger partial charge < -0.3 is 30.3 Å². The van der Waals surface area contributed by atoms with Gasteiger partial charge in [-0.2, -0.15) is 10.2 Å². The molecule has 0 saturated carbocycles. The molecule has 1 saturated heterocycles. The van der Waals surface area contributed by atoms with E-state index in [1.54, 1.807) is 9.20 Å². The minimum Gasteiger partial charge on any atom is -0.491 e. The summed E-state index contributed by atoms with van der Waals surface area (Å²) in [5.41, 5.74) is 11.6. The molecule has 5 aromatic rings. The second kappa shape index (κ2) is 10.0. The van der Waals surface area contributed by atoms with Crippen molar-refractivity contribution in [2.45, 2.75) is 37.8 Å². The molecule has 208 valence electrons. The van der Waals surface area contributed by atoms with Gasteiger partial charge in [-0.15, -0.1) is 0 Å². The molecule has 4 atom stereocenters. The number of ether oxygens (including phenoxy) is 2. The summed E-state index contributed by atoms with van der Waals surface area (Å²) in [6.45, 7) is 2.10. The standard InChI is InChI=1S/C28H32N8O4/c1-5-15-10-21(34(2)3)17-7-6-16(11-20(17)32-15)39-13-23-25(37)26(38)27(40-23)22-12-18(19-8-9-35(4)33-19)24-28(29)30-14-31-36(22)24/h6-12,14,23,25-27,37-38H,5,13H2,1-4H3,(H2,29,30,31)/t23-,25-,26-,27+/m1/s1. The van der Waals surface area contributed by atoms with E-state index in [2.05, 4.69) is 33.1 Å². The number of nitrogen functional groups attached to an aromatic ring is 1. The SMILES string of the molecule is CCc1cc(N(C)C)c2ccc(OC[C@H]3O[C@@H](c4cc(-c5ccn(C)n5)c5c(N)ncnn45)[C@H](O)[C@@H]3O)cc2n1. The topological polar surface area (TPSA) is 149 Å². The van der Waals surface area contributed by atoms with Gasteiger partial charge in [-0.3, -0.25) is 9.67 Å².